The second kappa shape index (κ2) is 10.4. The van der Waals surface area contributed by atoms with Gasteiger partial charge in [0.05, 0.1) is 23.7 Å². The first-order chi connectivity index (χ1) is 17.1. The van der Waals surface area contributed by atoms with Gasteiger partial charge in [0.15, 0.2) is 0 Å². The van der Waals surface area contributed by atoms with E-state index in [1.807, 2.05) is 18.2 Å². The number of aliphatic hydroxyl groups is 1. The number of hydrogen-bond donors (Lipinski definition) is 5. The summed E-state index contributed by atoms with van der Waals surface area (Å²) in [6.07, 6.45) is -1.12. The summed E-state index contributed by atoms with van der Waals surface area (Å²) in [5.41, 5.74) is 1.43. The standard InChI is InChI=1S/C25H30F3N7O/c1-14(36)11-31-12-19-23-18(10-20(32-19)25(26,27)28)22(33-34-23)17-8-4-7-16(9-17)21(15-5-3-6-15)24(30)35(2)13-29/h4,7-10,13-15,21,29-31,36H,3,5-6,11-12H2,1-2H3,(H,33,34). The highest BCUT2D eigenvalue weighted by molar-refractivity contribution is 5.96. The van der Waals surface area contributed by atoms with Crippen molar-refractivity contribution in [3.05, 3.63) is 47.3 Å². The van der Waals surface area contributed by atoms with Crippen molar-refractivity contribution in [2.75, 3.05) is 13.6 Å². The van der Waals surface area contributed by atoms with Crippen LogP contribution in [0.4, 0.5) is 13.2 Å². The third-order valence-corrected chi connectivity index (χ3v) is 6.66. The maximum absolute atomic E-state index is 13.7. The Morgan fingerprint density at radius 2 is 2.08 bits per heavy atom. The maximum Gasteiger partial charge on any atom is 0.433 e. The topological polar surface area (TPSA) is 125 Å². The van der Waals surface area contributed by atoms with E-state index in [2.05, 4.69) is 20.5 Å². The Bertz CT molecular complexity index is 1250. The molecule has 0 saturated heterocycles. The molecule has 4 rings (SSSR count). The summed E-state index contributed by atoms with van der Waals surface area (Å²) in [7, 11) is 1.67. The largest absolute Gasteiger partial charge is 0.433 e. The molecular weight excluding hydrogens is 471 g/mol. The fourth-order valence-corrected chi connectivity index (χ4v) is 4.57. The Balaban J connectivity index is 1.78. The number of aromatic amines is 1. The lowest BCUT2D eigenvalue weighted by molar-refractivity contribution is -0.141. The van der Waals surface area contributed by atoms with Crippen molar-refractivity contribution in [2.24, 2.45) is 5.92 Å². The molecule has 2 aromatic heterocycles. The van der Waals surface area contributed by atoms with Gasteiger partial charge >= 0.3 is 6.18 Å². The number of amidine groups is 1. The number of hydrogen-bond acceptors (Lipinski definition) is 6. The quantitative estimate of drug-likeness (QED) is 0.218. The minimum Gasteiger partial charge on any atom is -0.392 e. The first kappa shape index (κ1) is 25.8. The normalized spacial score (nSPS) is 15.9. The van der Waals surface area contributed by atoms with Gasteiger partial charge in [-0.15, -0.1) is 0 Å². The number of pyridine rings is 1. The Morgan fingerprint density at radius 3 is 2.69 bits per heavy atom. The molecule has 1 aliphatic carbocycles. The first-order valence-corrected chi connectivity index (χ1v) is 11.9. The zero-order valence-electron chi connectivity index (χ0n) is 20.2. The van der Waals surface area contributed by atoms with Crippen molar-refractivity contribution >= 4 is 23.1 Å². The molecular formula is C25H30F3N7O. The average Bonchev–Trinajstić information content (AvgIpc) is 3.24. The van der Waals surface area contributed by atoms with E-state index in [0.717, 1.165) is 37.2 Å². The minimum atomic E-state index is -4.63. The van der Waals surface area contributed by atoms with Crippen molar-refractivity contribution in [1.82, 2.24) is 25.4 Å². The summed E-state index contributed by atoms with van der Waals surface area (Å²) < 4.78 is 41.1. The predicted molar refractivity (Wildman–Crippen MR) is 132 cm³/mol. The molecule has 8 nitrogen and oxygen atoms in total. The summed E-state index contributed by atoms with van der Waals surface area (Å²) in [6, 6.07) is 8.42. The van der Waals surface area contributed by atoms with Crippen molar-refractivity contribution < 1.29 is 18.3 Å². The van der Waals surface area contributed by atoms with Crippen LogP contribution in [-0.4, -0.2) is 57.1 Å². The minimum absolute atomic E-state index is 0.0316. The van der Waals surface area contributed by atoms with Crippen molar-refractivity contribution in [3.8, 4) is 11.3 Å². The summed E-state index contributed by atoms with van der Waals surface area (Å²) >= 11 is 0. The van der Waals surface area contributed by atoms with Crippen molar-refractivity contribution in [2.45, 2.75) is 50.9 Å². The van der Waals surface area contributed by atoms with E-state index < -0.39 is 18.0 Å². The van der Waals surface area contributed by atoms with Gasteiger partial charge < -0.3 is 15.3 Å². The fraction of sp³-hybridized carbons (Fsp3) is 0.440. The van der Waals surface area contributed by atoms with Gasteiger partial charge in [-0.05, 0) is 43.4 Å². The molecule has 0 amide bonds. The number of fused-ring (bicyclic) bond motifs is 1. The molecule has 0 aliphatic heterocycles. The van der Waals surface area contributed by atoms with Crippen molar-refractivity contribution in [3.63, 3.8) is 0 Å². The lowest BCUT2D eigenvalue weighted by Crippen LogP contribution is -2.36. The Labute approximate surface area is 206 Å². The van der Waals surface area contributed by atoms with Gasteiger partial charge in [-0.2, -0.15) is 18.3 Å². The molecule has 0 radical (unpaired) electrons. The van der Waals surface area contributed by atoms with Crippen molar-refractivity contribution in [1.29, 1.82) is 10.8 Å². The number of likely N-dealkylation sites (N-methyl/N-ethyl adjacent to an activating group) is 1. The number of nitrogens with one attached hydrogen (secondary N) is 4. The molecule has 1 saturated carbocycles. The first-order valence-electron chi connectivity index (χ1n) is 11.9. The molecule has 1 aliphatic rings. The van der Waals surface area contributed by atoms with Crippen LogP contribution in [0.3, 0.4) is 0 Å². The second-order valence-electron chi connectivity index (χ2n) is 9.35. The summed E-state index contributed by atoms with van der Waals surface area (Å²) in [5, 5.41) is 36.1. The number of rotatable bonds is 9. The number of benzene rings is 1. The number of aromatic nitrogens is 3. The molecule has 1 aromatic carbocycles. The summed E-state index contributed by atoms with van der Waals surface area (Å²) in [4.78, 5) is 5.30. The average molecular weight is 502 g/mol. The van der Waals surface area contributed by atoms with Crippen LogP contribution in [0, 0.1) is 16.7 Å². The molecule has 2 unspecified atom stereocenters. The van der Waals surface area contributed by atoms with Gasteiger partial charge in [0.1, 0.15) is 17.2 Å². The van der Waals surface area contributed by atoms with Crippen LogP contribution in [0.15, 0.2) is 30.3 Å². The predicted octanol–water partition coefficient (Wildman–Crippen LogP) is 4.51. The van der Waals surface area contributed by atoms with Gasteiger partial charge in [0, 0.05) is 37.0 Å². The molecule has 1 fully saturated rings. The van der Waals surface area contributed by atoms with Crippen LogP contribution in [0.5, 0.6) is 0 Å². The highest BCUT2D eigenvalue weighted by Crippen LogP contribution is 2.42. The monoisotopic (exact) mass is 501 g/mol. The van der Waals surface area contributed by atoms with Gasteiger partial charge in [-0.25, -0.2) is 4.98 Å². The summed E-state index contributed by atoms with van der Waals surface area (Å²) in [6.45, 7) is 1.82. The van der Waals surface area contributed by atoms with E-state index >= 15 is 0 Å². The van der Waals surface area contributed by atoms with E-state index in [0.29, 0.717) is 28.0 Å². The molecule has 3 aromatic rings. The summed E-state index contributed by atoms with van der Waals surface area (Å²) in [5.74, 6) is 0.371. The van der Waals surface area contributed by atoms with Crippen LogP contribution < -0.4 is 5.32 Å². The van der Waals surface area contributed by atoms with Gasteiger partial charge in [0.2, 0.25) is 0 Å². The SMILES string of the molecule is CC(O)CNCc1nc(C(F)(F)F)cc2c(-c3cccc(C(C(=N)N(C)C=N)C4CCC4)c3)n[nH]c12. The van der Waals surface area contributed by atoms with Crippen LogP contribution in [0.2, 0.25) is 0 Å². The number of halogens is 3. The van der Waals surface area contributed by atoms with Crippen LogP contribution in [0.1, 0.15) is 49.1 Å². The molecule has 0 bridgehead atoms. The van der Waals surface area contributed by atoms with E-state index in [1.165, 1.54) is 4.90 Å². The second-order valence-corrected chi connectivity index (χ2v) is 9.35. The van der Waals surface area contributed by atoms with Gasteiger partial charge in [0.25, 0.3) is 0 Å². The van der Waals surface area contributed by atoms with E-state index in [9.17, 15) is 18.3 Å². The fourth-order valence-electron chi connectivity index (χ4n) is 4.57. The molecule has 36 heavy (non-hydrogen) atoms. The number of nitrogens with zero attached hydrogens (tertiary/aromatic N) is 3. The van der Waals surface area contributed by atoms with E-state index in [-0.39, 0.29) is 30.6 Å². The number of alkyl halides is 3. The lowest BCUT2D eigenvalue weighted by Gasteiger charge is -2.36. The molecule has 2 atom stereocenters. The maximum atomic E-state index is 13.7. The Morgan fingerprint density at radius 1 is 1.33 bits per heavy atom. The molecule has 192 valence electrons. The third-order valence-electron chi connectivity index (χ3n) is 6.66. The number of H-pyrrole nitrogens is 1. The Kier molecular flexibility index (Phi) is 7.41. The zero-order valence-corrected chi connectivity index (χ0v) is 20.2. The third kappa shape index (κ3) is 5.26. The Hall–Kier alpha value is -3.31. The smallest absolute Gasteiger partial charge is 0.392 e. The van der Waals surface area contributed by atoms with E-state index in [4.69, 9.17) is 10.8 Å². The van der Waals surface area contributed by atoms with Crippen LogP contribution in [-0.2, 0) is 12.7 Å². The van der Waals surface area contributed by atoms with Gasteiger partial charge in [-0.1, -0.05) is 24.6 Å². The lowest BCUT2D eigenvalue weighted by atomic mass is 9.72. The molecule has 0 spiro atoms. The van der Waals surface area contributed by atoms with E-state index in [1.54, 1.807) is 20.0 Å². The highest BCUT2D eigenvalue weighted by Gasteiger charge is 2.35. The molecule has 5 N–H and O–H groups in total. The van der Waals surface area contributed by atoms with Gasteiger partial charge in [-0.3, -0.25) is 15.9 Å². The van der Waals surface area contributed by atoms with Crippen LogP contribution >= 0.6 is 0 Å². The molecule has 2 heterocycles. The van der Waals surface area contributed by atoms with Crippen LogP contribution in [0.25, 0.3) is 22.2 Å². The number of aliphatic hydroxyl groups excluding tert-OH is 1. The molecule has 11 heteroatoms. The zero-order chi connectivity index (χ0) is 26.0. The highest BCUT2D eigenvalue weighted by atomic mass is 19.4.